The molecule has 2 aromatic carbocycles. The van der Waals surface area contributed by atoms with Crippen molar-refractivity contribution in [3.63, 3.8) is 0 Å². The molecule has 4 heteroatoms. The van der Waals surface area contributed by atoms with Crippen LogP contribution in [0.25, 0.3) is 0 Å². The molecule has 1 fully saturated rings. The van der Waals surface area contributed by atoms with Crippen molar-refractivity contribution in [2.75, 3.05) is 20.0 Å². The molecule has 4 rings (SSSR count). The molecule has 132 valence electrons. The van der Waals surface area contributed by atoms with Gasteiger partial charge in [0, 0.05) is 22.7 Å². The van der Waals surface area contributed by atoms with Crippen molar-refractivity contribution in [1.82, 2.24) is 0 Å². The summed E-state index contributed by atoms with van der Waals surface area (Å²) < 4.78 is 18.0. The van der Waals surface area contributed by atoms with Gasteiger partial charge in [0.2, 0.25) is 0 Å². The van der Waals surface area contributed by atoms with E-state index >= 15 is 0 Å². The highest BCUT2D eigenvalue weighted by molar-refractivity contribution is 5.57. The molecule has 2 aliphatic rings. The highest BCUT2D eigenvalue weighted by Crippen LogP contribution is 2.52. The Bertz CT molecular complexity index is 774. The van der Waals surface area contributed by atoms with Gasteiger partial charge in [0.05, 0.1) is 20.3 Å². The van der Waals surface area contributed by atoms with Gasteiger partial charge in [-0.25, -0.2) is 0 Å². The van der Waals surface area contributed by atoms with Gasteiger partial charge >= 0.3 is 0 Å². The fraction of sp³-hybridized carbons (Fsp3) is 0.429. The van der Waals surface area contributed by atoms with Crippen molar-refractivity contribution in [2.45, 2.75) is 43.8 Å². The first kappa shape index (κ1) is 16.3. The number of anilines is 1. The number of nitrogens with two attached hydrogens (primary N) is 1. The van der Waals surface area contributed by atoms with Crippen LogP contribution in [0.1, 0.15) is 54.4 Å². The number of fused-ring (bicyclic) bond motifs is 3. The molecular weight excluding hydrogens is 314 g/mol. The Kier molecular flexibility index (Phi) is 4.30. The van der Waals surface area contributed by atoms with Crippen molar-refractivity contribution in [1.29, 1.82) is 0 Å². The van der Waals surface area contributed by atoms with Gasteiger partial charge in [0.1, 0.15) is 17.6 Å². The average Bonchev–Trinajstić information content (AvgIpc) is 2.66. The Morgan fingerprint density at radius 1 is 0.960 bits per heavy atom. The van der Waals surface area contributed by atoms with Crippen LogP contribution in [0.15, 0.2) is 36.4 Å². The topological polar surface area (TPSA) is 53.7 Å². The summed E-state index contributed by atoms with van der Waals surface area (Å²) in [4.78, 5) is 0. The maximum atomic E-state index is 6.61. The Morgan fingerprint density at radius 2 is 1.68 bits per heavy atom. The fourth-order valence-corrected chi connectivity index (χ4v) is 4.41. The van der Waals surface area contributed by atoms with Crippen LogP contribution in [0.4, 0.5) is 5.69 Å². The third-order valence-electron chi connectivity index (χ3n) is 5.51. The summed E-state index contributed by atoms with van der Waals surface area (Å²) in [5.74, 6) is 2.16. The van der Waals surface area contributed by atoms with E-state index < -0.39 is 0 Å². The summed E-state index contributed by atoms with van der Waals surface area (Å²) in [5, 5.41) is 0. The zero-order valence-electron chi connectivity index (χ0n) is 14.8. The van der Waals surface area contributed by atoms with Crippen LogP contribution in [-0.2, 0) is 4.74 Å². The second-order valence-electron chi connectivity index (χ2n) is 6.91. The van der Waals surface area contributed by atoms with E-state index in [0.29, 0.717) is 5.92 Å². The molecule has 0 aromatic heterocycles. The quantitative estimate of drug-likeness (QED) is 0.841. The van der Waals surface area contributed by atoms with Crippen LogP contribution < -0.4 is 15.2 Å². The standard InChI is InChI=1S/C21H25NO3/c1-23-17-10-11-18(24-2)20-19(17)15-8-3-4-9-16(15)25-21(20)13-6-5-7-14(22)12-13/h5-7,10-12,15-16,21H,3-4,8-9,22H2,1-2H3/t15-,16-,21-/m1/s1. The van der Waals surface area contributed by atoms with E-state index in [-0.39, 0.29) is 12.2 Å². The molecule has 0 unspecified atom stereocenters. The van der Waals surface area contributed by atoms with Gasteiger partial charge in [-0.2, -0.15) is 0 Å². The maximum Gasteiger partial charge on any atom is 0.125 e. The van der Waals surface area contributed by atoms with Crippen molar-refractivity contribution in [2.24, 2.45) is 0 Å². The van der Waals surface area contributed by atoms with Gasteiger partial charge < -0.3 is 19.9 Å². The molecule has 2 aromatic rings. The summed E-state index contributed by atoms with van der Waals surface area (Å²) in [7, 11) is 3.45. The number of hydrogen-bond donors (Lipinski definition) is 1. The number of hydrogen-bond acceptors (Lipinski definition) is 4. The molecule has 1 saturated carbocycles. The monoisotopic (exact) mass is 339 g/mol. The third-order valence-corrected chi connectivity index (χ3v) is 5.51. The van der Waals surface area contributed by atoms with Gasteiger partial charge in [0.25, 0.3) is 0 Å². The summed E-state index contributed by atoms with van der Waals surface area (Å²) in [6.45, 7) is 0. The first-order valence-electron chi connectivity index (χ1n) is 8.98. The van der Waals surface area contributed by atoms with Crippen LogP contribution in [0.2, 0.25) is 0 Å². The molecule has 0 spiro atoms. The van der Waals surface area contributed by atoms with Crippen LogP contribution in [-0.4, -0.2) is 20.3 Å². The van der Waals surface area contributed by atoms with E-state index in [9.17, 15) is 0 Å². The highest BCUT2D eigenvalue weighted by atomic mass is 16.5. The van der Waals surface area contributed by atoms with E-state index in [1.54, 1.807) is 14.2 Å². The second kappa shape index (κ2) is 6.60. The molecule has 2 N–H and O–H groups in total. The number of benzene rings is 2. The smallest absolute Gasteiger partial charge is 0.125 e. The van der Waals surface area contributed by atoms with E-state index in [0.717, 1.165) is 41.2 Å². The second-order valence-corrected chi connectivity index (χ2v) is 6.91. The molecule has 0 radical (unpaired) electrons. The Hall–Kier alpha value is -2.20. The van der Waals surface area contributed by atoms with Gasteiger partial charge in [-0.15, -0.1) is 0 Å². The molecule has 25 heavy (non-hydrogen) atoms. The van der Waals surface area contributed by atoms with Crippen LogP contribution in [0, 0.1) is 0 Å². The van der Waals surface area contributed by atoms with E-state index in [4.69, 9.17) is 19.9 Å². The largest absolute Gasteiger partial charge is 0.496 e. The summed E-state index contributed by atoms with van der Waals surface area (Å²) in [6, 6.07) is 11.9. The van der Waals surface area contributed by atoms with Gasteiger partial charge in [-0.3, -0.25) is 0 Å². The lowest BCUT2D eigenvalue weighted by Gasteiger charge is -2.42. The minimum absolute atomic E-state index is 0.178. The van der Waals surface area contributed by atoms with Gasteiger partial charge in [0.15, 0.2) is 0 Å². The molecule has 1 aliphatic carbocycles. The molecule has 0 saturated heterocycles. The van der Waals surface area contributed by atoms with Crippen LogP contribution in [0.5, 0.6) is 11.5 Å². The van der Waals surface area contributed by atoms with Crippen LogP contribution >= 0.6 is 0 Å². The van der Waals surface area contributed by atoms with E-state index in [1.165, 1.54) is 18.4 Å². The first-order valence-corrected chi connectivity index (χ1v) is 8.98. The summed E-state index contributed by atoms with van der Waals surface area (Å²) in [5.41, 5.74) is 10.2. The molecule has 0 bridgehead atoms. The highest BCUT2D eigenvalue weighted by Gasteiger charge is 2.41. The minimum Gasteiger partial charge on any atom is -0.496 e. The van der Waals surface area contributed by atoms with E-state index in [1.807, 2.05) is 30.3 Å². The molecule has 1 heterocycles. The van der Waals surface area contributed by atoms with Crippen molar-refractivity contribution >= 4 is 5.69 Å². The number of rotatable bonds is 3. The van der Waals surface area contributed by atoms with Crippen molar-refractivity contribution in [3.8, 4) is 11.5 Å². The van der Waals surface area contributed by atoms with E-state index in [2.05, 4.69) is 6.07 Å². The Balaban J connectivity index is 1.93. The average molecular weight is 339 g/mol. The third kappa shape index (κ3) is 2.74. The maximum absolute atomic E-state index is 6.61. The Morgan fingerprint density at radius 3 is 2.40 bits per heavy atom. The molecular formula is C21H25NO3. The van der Waals surface area contributed by atoms with Crippen LogP contribution in [0.3, 0.4) is 0 Å². The lowest BCUT2D eigenvalue weighted by molar-refractivity contribution is -0.0406. The summed E-state index contributed by atoms with van der Waals surface area (Å²) >= 11 is 0. The normalized spacial score (nSPS) is 25.0. The lowest BCUT2D eigenvalue weighted by atomic mass is 9.75. The number of methoxy groups -OCH3 is 2. The van der Waals surface area contributed by atoms with Crippen molar-refractivity contribution in [3.05, 3.63) is 53.1 Å². The lowest BCUT2D eigenvalue weighted by Crippen LogP contribution is -2.34. The number of nitrogen functional groups attached to an aromatic ring is 1. The molecule has 0 amide bonds. The number of ether oxygens (including phenoxy) is 3. The molecule has 4 nitrogen and oxygen atoms in total. The SMILES string of the molecule is COc1ccc(OC)c2c1[C@@H](c1cccc(N)c1)O[C@@H]1CCCC[C@@H]21. The zero-order chi connectivity index (χ0) is 17.4. The Labute approximate surface area is 148 Å². The predicted octanol–water partition coefficient (Wildman–Crippen LogP) is 4.43. The minimum atomic E-state index is -0.178. The van der Waals surface area contributed by atoms with Gasteiger partial charge in [-0.1, -0.05) is 25.0 Å². The first-order chi connectivity index (χ1) is 12.2. The van der Waals surface area contributed by atoms with Crippen molar-refractivity contribution < 1.29 is 14.2 Å². The predicted molar refractivity (Wildman–Crippen MR) is 98.3 cm³/mol. The summed E-state index contributed by atoms with van der Waals surface area (Å²) in [6.07, 6.45) is 4.70. The molecule has 3 atom stereocenters. The van der Waals surface area contributed by atoms with Gasteiger partial charge in [-0.05, 0) is 42.7 Å². The zero-order valence-corrected chi connectivity index (χ0v) is 14.8. The fourth-order valence-electron chi connectivity index (χ4n) is 4.41. The molecule has 1 aliphatic heterocycles.